The van der Waals surface area contributed by atoms with E-state index in [0.717, 1.165) is 5.56 Å². The molecular formula is C15H13NO3. The number of nitrogens with two attached hydrogens (primary N) is 1. The van der Waals surface area contributed by atoms with Crippen molar-refractivity contribution in [3.8, 4) is 5.75 Å². The summed E-state index contributed by atoms with van der Waals surface area (Å²) >= 11 is 0. The van der Waals surface area contributed by atoms with Crippen LogP contribution in [0.5, 0.6) is 5.75 Å². The predicted octanol–water partition coefficient (Wildman–Crippen LogP) is 2.31. The van der Waals surface area contributed by atoms with E-state index in [1.165, 1.54) is 6.07 Å². The smallest absolute Gasteiger partial charge is 0.343 e. The van der Waals surface area contributed by atoms with Gasteiger partial charge < -0.3 is 10.5 Å². The summed E-state index contributed by atoms with van der Waals surface area (Å²) in [6.07, 6.45) is 0. The van der Waals surface area contributed by atoms with Crippen molar-refractivity contribution in [1.29, 1.82) is 0 Å². The maximum absolute atomic E-state index is 12.0. The Balaban J connectivity index is 2.22. The number of aryl methyl sites for hydroxylation is 1. The van der Waals surface area contributed by atoms with Gasteiger partial charge in [0.2, 0.25) is 5.91 Å². The van der Waals surface area contributed by atoms with Crippen molar-refractivity contribution in [3.63, 3.8) is 0 Å². The molecule has 2 aromatic carbocycles. The summed E-state index contributed by atoms with van der Waals surface area (Å²) in [6.45, 7) is 1.83. The highest BCUT2D eigenvalue weighted by Crippen LogP contribution is 2.16. The highest BCUT2D eigenvalue weighted by Gasteiger charge is 2.11. The SMILES string of the molecule is Cc1ccccc1C(=O)Oc1cccc(C(N)=O)c1. The maximum Gasteiger partial charge on any atom is 0.343 e. The summed E-state index contributed by atoms with van der Waals surface area (Å²) in [5.74, 6) is -0.724. The molecule has 4 heteroatoms. The first-order chi connectivity index (χ1) is 9.08. The molecule has 0 atom stereocenters. The molecule has 0 saturated heterocycles. The molecule has 0 aliphatic heterocycles. The van der Waals surface area contributed by atoms with E-state index in [9.17, 15) is 9.59 Å². The predicted molar refractivity (Wildman–Crippen MR) is 71.1 cm³/mol. The molecule has 0 radical (unpaired) electrons. The van der Waals surface area contributed by atoms with Crippen LogP contribution >= 0.6 is 0 Å². The molecule has 0 bridgehead atoms. The third kappa shape index (κ3) is 2.98. The van der Waals surface area contributed by atoms with Crippen molar-refractivity contribution < 1.29 is 14.3 Å². The van der Waals surface area contributed by atoms with E-state index in [2.05, 4.69) is 0 Å². The van der Waals surface area contributed by atoms with Crippen LogP contribution in [-0.2, 0) is 0 Å². The third-order valence-electron chi connectivity index (χ3n) is 2.69. The fourth-order valence-electron chi connectivity index (χ4n) is 1.68. The molecule has 0 saturated carbocycles. The van der Waals surface area contributed by atoms with Crippen molar-refractivity contribution in [2.45, 2.75) is 6.92 Å². The normalized spacial score (nSPS) is 9.95. The zero-order valence-electron chi connectivity index (χ0n) is 10.4. The van der Waals surface area contributed by atoms with Gasteiger partial charge in [0.1, 0.15) is 5.75 Å². The second-order valence-electron chi connectivity index (χ2n) is 4.10. The van der Waals surface area contributed by atoms with Crippen LogP contribution < -0.4 is 10.5 Å². The van der Waals surface area contributed by atoms with E-state index < -0.39 is 11.9 Å². The average Bonchev–Trinajstić information content (AvgIpc) is 2.39. The highest BCUT2D eigenvalue weighted by molar-refractivity contribution is 5.94. The van der Waals surface area contributed by atoms with Gasteiger partial charge in [-0.05, 0) is 36.8 Å². The van der Waals surface area contributed by atoms with Crippen LogP contribution in [0, 0.1) is 6.92 Å². The summed E-state index contributed by atoms with van der Waals surface area (Å²) in [4.78, 5) is 23.0. The molecule has 0 unspecified atom stereocenters. The quantitative estimate of drug-likeness (QED) is 0.676. The Bertz CT molecular complexity index is 635. The van der Waals surface area contributed by atoms with Crippen LogP contribution in [0.4, 0.5) is 0 Å². The Morgan fingerprint density at radius 2 is 1.79 bits per heavy atom. The van der Waals surface area contributed by atoms with E-state index in [0.29, 0.717) is 16.9 Å². The van der Waals surface area contributed by atoms with E-state index in [4.69, 9.17) is 10.5 Å². The minimum Gasteiger partial charge on any atom is -0.423 e. The Morgan fingerprint density at radius 1 is 1.05 bits per heavy atom. The Kier molecular flexibility index (Phi) is 3.61. The maximum atomic E-state index is 12.0. The van der Waals surface area contributed by atoms with Gasteiger partial charge in [-0.3, -0.25) is 4.79 Å². The van der Waals surface area contributed by atoms with Gasteiger partial charge in [-0.15, -0.1) is 0 Å². The van der Waals surface area contributed by atoms with Gasteiger partial charge in [0.25, 0.3) is 0 Å². The number of primary amides is 1. The summed E-state index contributed by atoms with van der Waals surface area (Å²) in [6, 6.07) is 13.4. The Morgan fingerprint density at radius 3 is 2.47 bits per heavy atom. The Labute approximate surface area is 110 Å². The van der Waals surface area contributed by atoms with Gasteiger partial charge in [0, 0.05) is 5.56 Å². The molecule has 4 nitrogen and oxygen atoms in total. The molecule has 1 amide bonds. The summed E-state index contributed by atoms with van der Waals surface area (Å²) < 4.78 is 5.23. The van der Waals surface area contributed by atoms with Gasteiger partial charge in [-0.25, -0.2) is 4.79 Å². The molecule has 2 aromatic rings. The second kappa shape index (κ2) is 5.35. The van der Waals surface area contributed by atoms with Gasteiger partial charge in [-0.2, -0.15) is 0 Å². The van der Waals surface area contributed by atoms with Gasteiger partial charge in [-0.1, -0.05) is 24.3 Å². The lowest BCUT2D eigenvalue weighted by molar-refractivity contribution is 0.0733. The number of hydrogen-bond donors (Lipinski definition) is 1. The fourth-order valence-corrected chi connectivity index (χ4v) is 1.68. The van der Waals surface area contributed by atoms with E-state index >= 15 is 0 Å². The number of rotatable bonds is 3. The molecule has 2 rings (SSSR count). The standard InChI is InChI=1S/C15H13NO3/c1-10-5-2-3-8-13(10)15(18)19-12-7-4-6-11(9-12)14(16)17/h2-9H,1H3,(H2,16,17). The Hall–Kier alpha value is -2.62. The molecule has 0 spiro atoms. The molecular weight excluding hydrogens is 242 g/mol. The van der Waals surface area contributed by atoms with Gasteiger partial charge >= 0.3 is 5.97 Å². The van der Waals surface area contributed by atoms with E-state index in [-0.39, 0.29) is 0 Å². The minimum atomic E-state index is -0.561. The van der Waals surface area contributed by atoms with Crippen LogP contribution in [0.25, 0.3) is 0 Å². The topological polar surface area (TPSA) is 69.4 Å². The van der Waals surface area contributed by atoms with Crippen molar-refractivity contribution in [1.82, 2.24) is 0 Å². The molecule has 0 aliphatic rings. The summed E-state index contributed by atoms with van der Waals surface area (Å²) in [5, 5.41) is 0. The van der Waals surface area contributed by atoms with E-state index in [1.807, 2.05) is 19.1 Å². The highest BCUT2D eigenvalue weighted by atomic mass is 16.5. The number of benzene rings is 2. The zero-order valence-corrected chi connectivity index (χ0v) is 10.4. The van der Waals surface area contributed by atoms with Crippen molar-refractivity contribution in [2.24, 2.45) is 5.73 Å². The van der Waals surface area contributed by atoms with Gasteiger partial charge in [0.15, 0.2) is 0 Å². The fraction of sp³-hybridized carbons (Fsp3) is 0.0667. The largest absolute Gasteiger partial charge is 0.423 e. The molecule has 0 fully saturated rings. The number of esters is 1. The lowest BCUT2D eigenvalue weighted by Crippen LogP contribution is -2.13. The van der Waals surface area contributed by atoms with Crippen molar-refractivity contribution >= 4 is 11.9 Å². The van der Waals surface area contributed by atoms with Crippen molar-refractivity contribution in [2.75, 3.05) is 0 Å². The second-order valence-corrected chi connectivity index (χ2v) is 4.10. The van der Waals surface area contributed by atoms with E-state index in [1.54, 1.807) is 30.3 Å². The number of ether oxygens (including phenoxy) is 1. The van der Waals surface area contributed by atoms with Crippen LogP contribution in [0.3, 0.4) is 0 Å². The van der Waals surface area contributed by atoms with Gasteiger partial charge in [0.05, 0.1) is 5.56 Å². The number of carbonyl (C=O) groups excluding carboxylic acids is 2. The molecule has 0 aliphatic carbocycles. The monoisotopic (exact) mass is 255 g/mol. The first-order valence-corrected chi connectivity index (χ1v) is 5.75. The first kappa shape index (κ1) is 12.8. The zero-order chi connectivity index (χ0) is 13.8. The first-order valence-electron chi connectivity index (χ1n) is 5.75. The van der Waals surface area contributed by atoms with Crippen LogP contribution in [0.15, 0.2) is 48.5 Å². The molecule has 2 N–H and O–H groups in total. The molecule has 96 valence electrons. The number of amides is 1. The van der Waals surface area contributed by atoms with Crippen LogP contribution in [0.1, 0.15) is 26.3 Å². The number of hydrogen-bond acceptors (Lipinski definition) is 3. The molecule has 19 heavy (non-hydrogen) atoms. The van der Waals surface area contributed by atoms with Crippen molar-refractivity contribution in [3.05, 3.63) is 65.2 Å². The summed E-state index contributed by atoms with van der Waals surface area (Å²) in [5.41, 5.74) is 6.79. The lowest BCUT2D eigenvalue weighted by Gasteiger charge is -2.07. The van der Waals surface area contributed by atoms with Crippen LogP contribution in [0.2, 0.25) is 0 Å². The minimum absolute atomic E-state index is 0.296. The summed E-state index contributed by atoms with van der Waals surface area (Å²) in [7, 11) is 0. The molecule has 0 aromatic heterocycles. The van der Waals surface area contributed by atoms with Crippen LogP contribution in [-0.4, -0.2) is 11.9 Å². The number of carbonyl (C=O) groups is 2. The molecule has 0 heterocycles. The third-order valence-corrected chi connectivity index (χ3v) is 2.69. The average molecular weight is 255 g/mol. The lowest BCUT2D eigenvalue weighted by atomic mass is 10.1.